The van der Waals surface area contributed by atoms with Crippen molar-refractivity contribution in [3.63, 3.8) is 0 Å². The normalized spacial score (nSPS) is 10.4. The van der Waals surface area contributed by atoms with Crippen molar-refractivity contribution in [2.24, 2.45) is 0 Å². The summed E-state index contributed by atoms with van der Waals surface area (Å²) in [4.78, 5) is 4.11. The fourth-order valence-corrected chi connectivity index (χ4v) is 1.59. The molecule has 0 fully saturated rings. The van der Waals surface area contributed by atoms with Crippen LogP contribution >= 0.6 is 15.9 Å². The van der Waals surface area contributed by atoms with Gasteiger partial charge in [-0.15, -0.1) is 0 Å². The molecule has 2 rings (SSSR count). The lowest BCUT2D eigenvalue weighted by molar-refractivity contribution is 0.276. The highest BCUT2D eigenvalue weighted by atomic mass is 79.9. The first-order valence-electron chi connectivity index (χ1n) is 4.11. The summed E-state index contributed by atoms with van der Waals surface area (Å²) in [7, 11) is 0. The van der Waals surface area contributed by atoms with Crippen LogP contribution in [0.15, 0.2) is 39.4 Å². The predicted octanol–water partition coefficient (Wildman–Crippen LogP) is 2.60. The first-order valence-corrected chi connectivity index (χ1v) is 4.90. The minimum Gasteiger partial charge on any atom is -0.444 e. The van der Waals surface area contributed by atoms with Gasteiger partial charge in [0.25, 0.3) is 0 Å². The number of hydrogen-bond donors (Lipinski definition) is 1. The zero-order valence-corrected chi connectivity index (χ0v) is 8.86. The molecule has 0 saturated heterocycles. The van der Waals surface area contributed by atoms with Gasteiger partial charge >= 0.3 is 0 Å². The van der Waals surface area contributed by atoms with Gasteiger partial charge in [0, 0.05) is 4.47 Å². The van der Waals surface area contributed by atoms with E-state index in [2.05, 4.69) is 20.9 Å². The molecule has 0 bridgehead atoms. The van der Waals surface area contributed by atoms with Gasteiger partial charge in [-0.2, -0.15) is 0 Å². The number of halogens is 1. The van der Waals surface area contributed by atoms with Gasteiger partial charge in [-0.3, -0.25) is 0 Å². The highest BCUT2D eigenvalue weighted by molar-refractivity contribution is 9.10. The maximum absolute atomic E-state index is 8.83. The van der Waals surface area contributed by atoms with Gasteiger partial charge in [-0.1, -0.05) is 12.1 Å². The molecule has 3 nitrogen and oxygen atoms in total. The third kappa shape index (κ3) is 1.71. The molecule has 1 heterocycles. The number of aromatic nitrogens is 1. The Kier molecular flexibility index (Phi) is 2.65. The summed E-state index contributed by atoms with van der Waals surface area (Å²) < 4.78 is 6.14. The molecule has 0 radical (unpaired) electrons. The van der Waals surface area contributed by atoms with Gasteiger partial charge < -0.3 is 9.52 Å². The largest absolute Gasteiger partial charge is 0.444 e. The van der Waals surface area contributed by atoms with E-state index in [9.17, 15) is 0 Å². The van der Waals surface area contributed by atoms with Gasteiger partial charge in [-0.25, -0.2) is 4.98 Å². The lowest BCUT2D eigenvalue weighted by atomic mass is 10.2. The van der Waals surface area contributed by atoms with Gasteiger partial charge in [0.2, 0.25) is 5.89 Å². The molecule has 1 aromatic heterocycles. The molecule has 0 spiro atoms. The van der Waals surface area contributed by atoms with Crippen molar-refractivity contribution in [3.8, 4) is 11.5 Å². The number of oxazole rings is 1. The number of nitrogens with zero attached hydrogens (tertiary/aromatic N) is 1. The number of aliphatic hydroxyl groups is 1. The molecule has 1 aromatic carbocycles. The lowest BCUT2D eigenvalue weighted by Gasteiger charge is -1.97. The average molecular weight is 254 g/mol. The van der Waals surface area contributed by atoms with Crippen LogP contribution < -0.4 is 0 Å². The van der Waals surface area contributed by atoms with E-state index in [-0.39, 0.29) is 6.61 Å². The molecule has 0 aliphatic carbocycles. The lowest BCUT2D eigenvalue weighted by Crippen LogP contribution is -1.83. The van der Waals surface area contributed by atoms with Crippen molar-refractivity contribution in [3.05, 3.63) is 40.7 Å². The van der Waals surface area contributed by atoms with Gasteiger partial charge in [-0.05, 0) is 28.1 Å². The summed E-state index contributed by atoms with van der Waals surface area (Å²) in [5, 5.41) is 8.83. The summed E-state index contributed by atoms with van der Waals surface area (Å²) in [6.07, 6.45) is 1.45. The van der Waals surface area contributed by atoms with Crippen molar-refractivity contribution in [2.45, 2.75) is 6.61 Å². The highest BCUT2D eigenvalue weighted by Crippen LogP contribution is 2.26. The Bertz CT molecular complexity index is 439. The fraction of sp³-hybridized carbons (Fsp3) is 0.100. The average Bonchev–Trinajstić information content (AvgIpc) is 2.67. The summed E-state index contributed by atoms with van der Waals surface area (Å²) in [5.74, 6) is 0.515. The minimum absolute atomic E-state index is 0.103. The Morgan fingerprint density at radius 2 is 2.14 bits per heavy atom. The molecule has 0 atom stereocenters. The second-order valence-corrected chi connectivity index (χ2v) is 3.64. The number of rotatable bonds is 2. The predicted molar refractivity (Wildman–Crippen MR) is 55.6 cm³/mol. The third-order valence-corrected chi connectivity index (χ3v) is 2.51. The van der Waals surface area contributed by atoms with Crippen LogP contribution in [0.25, 0.3) is 11.5 Å². The second-order valence-electron chi connectivity index (χ2n) is 2.78. The number of hydrogen-bond acceptors (Lipinski definition) is 3. The summed E-state index contributed by atoms with van der Waals surface area (Å²) >= 11 is 3.40. The van der Waals surface area contributed by atoms with Crippen LogP contribution in [-0.4, -0.2) is 10.1 Å². The van der Waals surface area contributed by atoms with Crippen LogP contribution in [0.1, 0.15) is 5.69 Å². The van der Waals surface area contributed by atoms with Crippen LogP contribution in [0.5, 0.6) is 0 Å². The SMILES string of the molecule is OCc1coc(-c2ccccc2Br)n1. The topological polar surface area (TPSA) is 46.3 Å². The second kappa shape index (κ2) is 3.94. The molecule has 0 saturated carbocycles. The Morgan fingerprint density at radius 3 is 2.79 bits per heavy atom. The summed E-state index contributed by atoms with van der Waals surface area (Å²) in [5.41, 5.74) is 1.42. The standard InChI is InChI=1S/C10H8BrNO2/c11-9-4-2-1-3-8(9)10-12-7(5-13)6-14-10/h1-4,6,13H,5H2. The first kappa shape index (κ1) is 9.43. The molecule has 2 aromatic rings. The van der Waals surface area contributed by atoms with Crippen LogP contribution in [0.4, 0.5) is 0 Å². The van der Waals surface area contributed by atoms with E-state index in [0.717, 1.165) is 10.0 Å². The maximum atomic E-state index is 8.83. The van der Waals surface area contributed by atoms with E-state index in [0.29, 0.717) is 11.6 Å². The maximum Gasteiger partial charge on any atom is 0.227 e. The summed E-state index contributed by atoms with van der Waals surface area (Å²) in [6.45, 7) is -0.103. The van der Waals surface area contributed by atoms with E-state index in [1.807, 2.05) is 24.3 Å². The van der Waals surface area contributed by atoms with Crippen molar-refractivity contribution < 1.29 is 9.52 Å². The Labute approximate surface area is 89.5 Å². The fourth-order valence-electron chi connectivity index (χ4n) is 1.14. The molecular weight excluding hydrogens is 246 g/mol. The highest BCUT2D eigenvalue weighted by Gasteiger charge is 2.08. The smallest absolute Gasteiger partial charge is 0.227 e. The van der Waals surface area contributed by atoms with E-state index < -0.39 is 0 Å². The van der Waals surface area contributed by atoms with E-state index >= 15 is 0 Å². The molecule has 0 amide bonds. The van der Waals surface area contributed by atoms with Crippen molar-refractivity contribution >= 4 is 15.9 Å². The zero-order chi connectivity index (χ0) is 9.97. The Balaban J connectivity index is 2.44. The Hall–Kier alpha value is -1.13. The monoisotopic (exact) mass is 253 g/mol. The van der Waals surface area contributed by atoms with Crippen LogP contribution in [0.3, 0.4) is 0 Å². The van der Waals surface area contributed by atoms with E-state index in [4.69, 9.17) is 9.52 Å². The van der Waals surface area contributed by atoms with Crippen LogP contribution in [-0.2, 0) is 6.61 Å². The molecule has 4 heteroatoms. The zero-order valence-electron chi connectivity index (χ0n) is 7.27. The van der Waals surface area contributed by atoms with Crippen molar-refractivity contribution in [1.29, 1.82) is 0 Å². The molecule has 0 aliphatic heterocycles. The van der Waals surface area contributed by atoms with Gasteiger partial charge in [0.15, 0.2) is 0 Å². The summed E-state index contributed by atoms with van der Waals surface area (Å²) in [6, 6.07) is 7.64. The quantitative estimate of drug-likeness (QED) is 0.895. The number of benzene rings is 1. The van der Waals surface area contributed by atoms with Crippen molar-refractivity contribution in [2.75, 3.05) is 0 Å². The molecule has 0 unspecified atom stereocenters. The first-order chi connectivity index (χ1) is 6.81. The Morgan fingerprint density at radius 1 is 1.36 bits per heavy atom. The van der Waals surface area contributed by atoms with Crippen molar-refractivity contribution in [1.82, 2.24) is 4.98 Å². The molecule has 1 N–H and O–H groups in total. The van der Waals surface area contributed by atoms with Crippen LogP contribution in [0.2, 0.25) is 0 Å². The van der Waals surface area contributed by atoms with Crippen LogP contribution in [0, 0.1) is 0 Å². The van der Waals surface area contributed by atoms with Gasteiger partial charge in [0.1, 0.15) is 12.0 Å². The molecule has 14 heavy (non-hydrogen) atoms. The number of aliphatic hydroxyl groups excluding tert-OH is 1. The molecular formula is C10H8BrNO2. The molecule has 0 aliphatic rings. The van der Waals surface area contributed by atoms with E-state index in [1.54, 1.807) is 0 Å². The minimum atomic E-state index is -0.103. The van der Waals surface area contributed by atoms with E-state index in [1.165, 1.54) is 6.26 Å². The van der Waals surface area contributed by atoms with Gasteiger partial charge in [0.05, 0.1) is 12.2 Å². The molecule has 72 valence electrons. The third-order valence-electron chi connectivity index (χ3n) is 1.82.